The van der Waals surface area contributed by atoms with Crippen molar-refractivity contribution in [3.63, 3.8) is 0 Å². The molecule has 0 saturated carbocycles. The summed E-state index contributed by atoms with van der Waals surface area (Å²) in [6, 6.07) is 23.2. The lowest BCUT2D eigenvalue weighted by Gasteiger charge is -2.08. The molecule has 4 rings (SSSR count). The third-order valence-corrected chi connectivity index (χ3v) is 4.06. The molecule has 3 heteroatoms. The van der Waals surface area contributed by atoms with E-state index in [-0.39, 0.29) is 0 Å². The maximum Gasteiger partial charge on any atom is 0.137 e. The quantitative estimate of drug-likeness (QED) is 0.605. The summed E-state index contributed by atoms with van der Waals surface area (Å²) < 4.78 is 0. The molecule has 0 amide bonds. The van der Waals surface area contributed by atoms with E-state index in [2.05, 4.69) is 57.7 Å². The van der Waals surface area contributed by atoms with Crippen LogP contribution in [0.3, 0.4) is 0 Å². The molecule has 0 atom stereocenters. The van der Waals surface area contributed by atoms with Gasteiger partial charge in [0.2, 0.25) is 0 Å². The Balaban J connectivity index is 1.50. The van der Waals surface area contributed by atoms with Crippen LogP contribution in [0.4, 0.5) is 5.82 Å². The highest BCUT2D eigenvalue weighted by molar-refractivity contribution is 5.88. The first-order valence-corrected chi connectivity index (χ1v) is 7.81. The summed E-state index contributed by atoms with van der Waals surface area (Å²) in [4.78, 5) is 8.66. The summed E-state index contributed by atoms with van der Waals surface area (Å²) >= 11 is 0. The fraction of sp³-hybridized carbons (Fsp3) is 0.100. The molecule has 4 aromatic rings. The van der Waals surface area contributed by atoms with Crippen LogP contribution >= 0.6 is 0 Å². The number of nitrogens with one attached hydrogen (secondary N) is 1. The van der Waals surface area contributed by atoms with Crippen molar-refractivity contribution in [2.24, 2.45) is 0 Å². The monoisotopic (exact) mass is 299 g/mol. The van der Waals surface area contributed by atoms with Crippen molar-refractivity contribution in [3.8, 4) is 0 Å². The lowest BCUT2D eigenvalue weighted by atomic mass is 10.1. The molecule has 112 valence electrons. The number of rotatable bonds is 4. The minimum Gasteiger partial charge on any atom is -0.369 e. The normalized spacial score (nSPS) is 11.0. The molecular weight excluding hydrogens is 282 g/mol. The maximum absolute atomic E-state index is 4.37. The van der Waals surface area contributed by atoms with Crippen LogP contribution < -0.4 is 5.32 Å². The zero-order chi connectivity index (χ0) is 15.5. The van der Waals surface area contributed by atoms with Crippen molar-refractivity contribution < 1.29 is 0 Å². The molecule has 0 bridgehead atoms. The van der Waals surface area contributed by atoms with Crippen LogP contribution in [-0.2, 0) is 6.42 Å². The summed E-state index contributed by atoms with van der Waals surface area (Å²) in [7, 11) is 0. The highest BCUT2D eigenvalue weighted by atomic mass is 15.0. The average Bonchev–Trinajstić information content (AvgIpc) is 2.62. The molecule has 23 heavy (non-hydrogen) atoms. The number of fused-ring (bicyclic) bond motifs is 2. The van der Waals surface area contributed by atoms with Crippen LogP contribution in [0.15, 0.2) is 73.1 Å². The molecule has 0 spiro atoms. The second-order valence-electron chi connectivity index (χ2n) is 5.60. The molecule has 0 radical (unpaired) electrons. The lowest BCUT2D eigenvalue weighted by Crippen LogP contribution is -2.07. The zero-order valence-corrected chi connectivity index (χ0v) is 12.7. The van der Waals surface area contributed by atoms with Crippen molar-refractivity contribution in [2.45, 2.75) is 6.42 Å². The minimum absolute atomic E-state index is 0.847. The SMILES string of the molecule is c1ccc2cc(CCNc3ncnc4ccccc34)ccc2c1. The van der Waals surface area contributed by atoms with Crippen molar-refractivity contribution in [1.82, 2.24) is 9.97 Å². The van der Waals surface area contributed by atoms with Crippen molar-refractivity contribution >= 4 is 27.5 Å². The van der Waals surface area contributed by atoms with Crippen molar-refractivity contribution in [2.75, 3.05) is 11.9 Å². The predicted molar refractivity (Wildman–Crippen MR) is 95.7 cm³/mol. The molecule has 0 saturated heterocycles. The zero-order valence-electron chi connectivity index (χ0n) is 12.7. The summed E-state index contributed by atoms with van der Waals surface area (Å²) in [6.45, 7) is 0.847. The third kappa shape index (κ3) is 2.86. The minimum atomic E-state index is 0.847. The highest BCUT2D eigenvalue weighted by Crippen LogP contribution is 2.19. The average molecular weight is 299 g/mol. The summed E-state index contributed by atoms with van der Waals surface area (Å²) in [5.41, 5.74) is 2.30. The van der Waals surface area contributed by atoms with Gasteiger partial charge in [-0.05, 0) is 34.9 Å². The third-order valence-electron chi connectivity index (χ3n) is 4.06. The number of anilines is 1. The topological polar surface area (TPSA) is 37.8 Å². The van der Waals surface area contributed by atoms with Gasteiger partial charge in [0.15, 0.2) is 0 Å². The van der Waals surface area contributed by atoms with E-state index in [4.69, 9.17) is 0 Å². The molecule has 0 aliphatic heterocycles. The summed E-state index contributed by atoms with van der Waals surface area (Å²) in [5, 5.41) is 7.07. The number of benzene rings is 3. The van der Waals surface area contributed by atoms with Crippen molar-refractivity contribution in [3.05, 3.63) is 78.6 Å². The fourth-order valence-electron chi connectivity index (χ4n) is 2.87. The van der Waals surface area contributed by atoms with E-state index >= 15 is 0 Å². The number of aromatic nitrogens is 2. The van der Waals surface area contributed by atoms with E-state index in [1.54, 1.807) is 6.33 Å². The molecule has 1 aromatic heterocycles. The van der Waals surface area contributed by atoms with Gasteiger partial charge in [0.1, 0.15) is 12.1 Å². The Morgan fingerprint density at radius 2 is 1.61 bits per heavy atom. The molecule has 1 heterocycles. The first-order chi connectivity index (χ1) is 11.4. The molecule has 0 unspecified atom stereocenters. The Labute approximate surface area is 135 Å². The molecule has 0 aliphatic carbocycles. The van der Waals surface area contributed by atoms with Gasteiger partial charge in [-0.2, -0.15) is 0 Å². The van der Waals surface area contributed by atoms with Crippen LogP contribution in [0, 0.1) is 0 Å². The molecule has 0 aliphatic rings. The number of nitrogens with zero attached hydrogens (tertiary/aromatic N) is 2. The van der Waals surface area contributed by atoms with Gasteiger partial charge in [-0.3, -0.25) is 0 Å². The van der Waals surface area contributed by atoms with Crippen LogP contribution in [0.5, 0.6) is 0 Å². The van der Waals surface area contributed by atoms with E-state index in [0.717, 1.165) is 29.7 Å². The van der Waals surface area contributed by atoms with Crippen LogP contribution in [0.1, 0.15) is 5.56 Å². The van der Waals surface area contributed by atoms with E-state index in [1.807, 2.05) is 24.3 Å². The van der Waals surface area contributed by atoms with Gasteiger partial charge < -0.3 is 5.32 Å². The Kier molecular flexibility index (Phi) is 3.60. The summed E-state index contributed by atoms with van der Waals surface area (Å²) in [5.74, 6) is 0.899. The second-order valence-corrected chi connectivity index (χ2v) is 5.60. The number of hydrogen-bond donors (Lipinski definition) is 1. The Morgan fingerprint density at radius 3 is 2.57 bits per heavy atom. The van der Waals surface area contributed by atoms with Crippen molar-refractivity contribution in [1.29, 1.82) is 0 Å². The molecule has 1 N–H and O–H groups in total. The fourth-order valence-corrected chi connectivity index (χ4v) is 2.87. The van der Waals surface area contributed by atoms with Gasteiger partial charge in [-0.25, -0.2) is 9.97 Å². The van der Waals surface area contributed by atoms with Crippen LogP contribution in [0.2, 0.25) is 0 Å². The molecule has 0 fully saturated rings. The number of para-hydroxylation sites is 1. The van der Waals surface area contributed by atoms with E-state index in [9.17, 15) is 0 Å². The van der Waals surface area contributed by atoms with E-state index in [1.165, 1.54) is 16.3 Å². The lowest BCUT2D eigenvalue weighted by molar-refractivity contribution is 1.01. The van der Waals surface area contributed by atoms with Gasteiger partial charge >= 0.3 is 0 Å². The highest BCUT2D eigenvalue weighted by Gasteiger charge is 2.02. The largest absolute Gasteiger partial charge is 0.369 e. The van der Waals surface area contributed by atoms with Gasteiger partial charge in [-0.1, -0.05) is 54.6 Å². The summed E-state index contributed by atoms with van der Waals surface area (Å²) in [6.07, 6.45) is 2.57. The van der Waals surface area contributed by atoms with Gasteiger partial charge in [0.05, 0.1) is 5.52 Å². The first-order valence-electron chi connectivity index (χ1n) is 7.81. The Morgan fingerprint density at radius 1 is 0.783 bits per heavy atom. The van der Waals surface area contributed by atoms with Gasteiger partial charge in [-0.15, -0.1) is 0 Å². The van der Waals surface area contributed by atoms with E-state index < -0.39 is 0 Å². The number of hydrogen-bond acceptors (Lipinski definition) is 3. The standard InChI is InChI=1S/C20H17N3/c1-2-6-17-13-15(9-10-16(17)5-1)11-12-21-20-18-7-3-4-8-19(18)22-14-23-20/h1-10,13-14H,11-12H2,(H,21,22,23). The van der Waals surface area contributed by atoms with Crippen LogP contribution in [0.25, 0.3) is 21.7 Å². The predicted octanol–water partition coefficient (Wildman–Crippen LogP) is 4.44. The maximum atomic E-state index is 4.37. The first kappa shape index (κ1) is 13.7. The molecule has 3 aromatic carbocycles. The van der Waals surface area contributed by atoms with E-state index in [0.29, 0.717) is 0 Å². The Hall–Kier alpha value is -2.94. The van der Waals surface area contributed by atoms with Crippen LogP contribution in [-0.4, -0.2) is 16.5 Å². The Bertz CT molecular complexity index is 957. The smallest absolute Gasteiger partial charge is 0.137 e. The molecular formula is C20H17N3. The van der Waals surface area contributed by atoms with Gasteiger partial charge in [0.25, 0.3) is 0 Å². The van der Waals surface area contributed by atoms with Gasteiger partial charge in [0, 0.05) is 11.9 Å². The second kappa shape index (κ2) is 6.05. The molecule has 3 nitrogen and oxygen atoms in total.